The Morgan fingerprint density at radius 1 is 1.43 bits per heavy atom. The molecule has 0 aliphatic heterocycles. The summed E-state index contributed by atoms with van der Waals surface area (Å²) in [6, 6.07) is 4.86. The van der Waals surface area contributed by atoms with Gasteiger partial charge in [-0.25, -0.2) is 4.39 Å². The summed E-state index contributed by atoms with van der Waals surface area (Å²) in [5, 5.41) is 4.00. The summed E-state index contributed by atoms with van der Waals surface area (Å²) < 4.78 is 15.9. The van der Waals surface area contributed by atoms with E-state index < -0.39 is 0 Å². The van der Waals surface area contributed by atoms with Crippen LogP contribution < -0.4 is 0 Å². The van der Waals surface area contributed by atoms with Crippen molar-refractivity contribution in [2.24, 2.45) is 7.05 Å². The van der Waals surface area contributed by atoms with E-state index in [0.717, 1.165) is 10.0 Å². The minimum absolute atomic E-state index is 0.235. The van der Waals surface area contributed by atoms with E-state index in [9.17, 15) is 4.39 Å². The third-order valence-electron chi connectivity index (χ3n) is 1.94. The average Bonchev–Trinajstić information content (AvgIpc) is 2.56. The van der Waals surface area contributed by atoms with Crippen molar-refractivity contribution in [2.75, 3.05) is 0 Å². The van der Waals surface area contributed by atoms with Gasteiger partial charge in [-0.1, -0.05) is 15.9 Å². The van der Waals surface area contributed by atoms with Crippen LogP contribution in [0.4, 0.5) is 4.39 Å². The van der Waals surface area contributed by atoms with E-state index in [-0.39, 0.29) is 5.82 Å². The van der Waals surface area contributed by atoms with Gasteiger partial charge >= 0.3 is 0 Å². The fraction of sp³-hybridized carbons (Fsp3) is 0.100. The number of aromatic nitrogens is 2. The zero-order chi connectivity index (χ0) is 10.1. The third kappa shape index (κ3) is 1.70. The predicted molar refractivity (Wildman–Crippen MR) is 56.3 cm³/mol. The molecule has 2 rings (SSSR count). The molecule has 0 aliphatic carbocycles. The summed E-state index contributed by atoms with van der Waals surface area (Å²) in [4.78, 5) is 0. The largest absolute Gasteiger partial charge is 0.275 e. The number of benzene rings is 1. The van der Waals surface area contributed by atoms with Crippen LogP contribution in [0.15, 0.2) is 35.1 Å². The highest BCUT2D eigenvalue weighted by atomic mass is 79.9. The highest BCUT2D eigenvalue weighted by Gasteiger charge is 2.06. The van der Waals surface area contributed by atoms with Crippen molar-refractivity contribution < 1.29 is 4.39 Å². The lowest BCUT2D eigenvalue weighted by molar-refractivity contribution is 0.631. The summed E-state index contributed by atoms with van der Waals surface area (Å²) in [5.41, 5.74) is 1.35. The van der Waals surface area contributed by atoms with E-state index in [4.69, 9.17) is 0 Å². The van der Waals surface area contributed by atoms with Crippen LogP contribution in [0.5, 0.6) is 0 Å². The molecule has 0 fully saturated rings. The second-order valence-electron chi connectivity index (χ2n) is 3.03. The first-order chi connectivity index (χ1) is 6.66. The van der Waals surface area contributed by atoms with Gasteiger partial charge in [-0.05, 0) is 18.2 Å². The van der Waals surface area contributed by atoms with Crippen LogP contribution in [0.25, 0.3) is 11.1 Å². The second-order valence-corrected chi connectivity index (χ2v) is 3.94. The van der Waals surface area contributed by atoms with Crippen molar-refractivity contribution >= 4 is 15.9 Å². The lowest BCUT2D eigenvalue weighted by Crippen LogP contribution is -1.85. The van der Waals surface area contributed by atoms with Gasteiger partial charge in [0.05, 0.1) is 6.20 Å². The molecule has 0 atom stereocenters. The van der Waals surface area contributed by atoms with E-state index >= 15 is 0 Å². The van der Waals surface area contributed by atoms with Gasteiger partial charge in [-0.15, -0.1) is 0 Å². The zero-order valence-electron chi connectivity index (χ0n) is 7.54. The summed E-state index contributed by atoms with van der Waals surface area (Å²) in [7, 11) is 1.80. The smallest absolute Gasteiger partial charge is 0.131 e. The molecule has 0 radical (unpaired) electrons. The summed E-state index contributed by atoms with van der Waals surface area (Å²) in [6.45, 7) is 0. The van der Waals surface area contributed by atoms with E-state index in [1.54, 1.807) is 36.3 Å². The van der Waals surface area contributed by atoms with E-state index in [1.807, 2.05) is 0 Å². The Kier molecular flexibility index (Phi) is 2.37. The van der Waals surface area contributed by atoms with Gasteiger partial charge in [0.15, 0.2) is 0 Å². The summed E-state index contributed by atoms with van der Waals surface area (Å²) >= 11 is 3.31. The topological polar surface area (TPSA) is 17.8 Å². The van der Waals surface area contributed by atoms with Crippen LogP contribution in [0.1, 0.15) is 0 Å². The quantitative estimate of drug-likeness (QED) is 0.765. The highest BCUT2D eigenvalue weighted by Crippen LogP contribution is 2.25. The van der Waals surface area contributed by atoms with Crippen molar-refractivity contribution in [1.82, 2.24) is 9.78 Å². The number of nitrogens with zero attached hydrogens (tertiary/aromatic N) is 2. The van der Waals surface area contributed by atoms with Gasteiger partial charge in [0.2, 0.25) is 0 Å². The Labute approximate surface area is 89.5 Å². The highest BCUT2D eigenvalue weighted by molar-refractivity contribution is 9.10. The number of hydrogen-bond donors (Lipinski definition) is 0. The Hall–Kier alpha value is -1.16. The lowest BCUT2D eigenvalue weighted by atomic mass is 10.1. The van der Waals surface area contributed by atoms with Crippen molar-refractivity contribution in [3.63, 3.8) is 0 Å². The molecule has 1 heterocycles. The molecule has 0 saturated heterocycles. The molecule has 1 aromatic heterocycles. The Bertz CT molecular complexity index is 465. The molecule has 0 unspecified atom stereocenters. The molecule has 0 spiro atoms. The number of rotatable bonds is 1. The zero-order valence-corrected chi connectivity index (χ0v) is 9.12. The predicted octanol–water partition coefficient (Wildman–Crippen LogP) is 2.99. The first-order valence-corrected chi connectivity index (χ1v) is 4.90. The van der Waals surface area contributed by atoms with Crippen molar-refractivity contribution in [1.29, 1.82) is 0 Å². The average molecular weight is 255 g/mol. The second kappa shape index (κ2) is 3.53. The van der Waals surface area contributed by atoms with Gasteiger partial charge in [-0.2, -0.15) is 5.10 Å². The minimum atomic E-state index is -0.235. The molecule has 0 aliphatic rings. The maximum Gasteiger partial charge on any atom is 0.131 e. The fourth-order valence-electron chi connectivity index (χ4n) is 1.28. The molecule has 72 valence electrons. The van der Waals surface area contributed by atoms with Crippen LogP contribution in [0, 0.1) is 5.82 Å². The van der Waals surface area contributed by atoms with Gasteiger partial charge in [0.25, 0.3) is 0 Å². The monoisotopic (exact) mass is 254 g/mol. The Balaban J connectivity index is 2.55. The Morgan fingerprint density at radius 3 is 2.86 bits per heavy atom. The van der Waals surface area contributed by atoms with E-state index in [1.165, 1.54) is 6.07 Å². The van der Waals surface area contributed by atoms with Crippen molar-refractivity contribution in [3.05, 3.63) is 40.9 Å². The molecular weight excluding hydrogens is 247 g/mol. The molecular formula is C10H8BrFN2. The minimum Gasteiger partial charge on any atom is -0.275 e. The van der Waals surface area contributed by atoms with Gasteiger partial charge in [0.1, 0.15) is 5.82 Å². The normalized spacial score (nSPS) is 10.5. The molecule has 2 aromatic rings. The molecule has 0 amide bonds. The summed E-state index contributed by atoms with van der Waals surface area (Å²) in [6.07, 6.45) is 3.43. The van der Waals surface area contributed by atoms with Crippen LogP contribution in [-0.2, 0) is 7.05 Å². The SMILES string of the molecule is Cn1cc(-c2cc(Br)ccc2F)cn1. The standard InChI is InChI=1S/C10H8BrFN2/c1-14-6-7(5-13-14)9-4-8(11)2-3-10(9)12/h2-6H,1H3. The molecule has 0 bridgehead atoms. The van der Waals surface area contributed by atoms with Crippen molar-refractivity contribution in [3.8, 4) is 11.1 Å². The Morgan fingerprint density at radius 2 is 2.21 bits per heavy atom. The van der Waals surface area contributed by atoms with E-state index in [2.05, 4.69) is 21.0 Å². The molecule has 0 N–H and O–H groups in total. The van der Waals surface area contributed by atoms with Crippen LogP contribution >= 0.6 is 15.9 Å². The molecule has 4 heteroatoms. The number of hydrogen-bond acceptors (Lipinski definition) is 1. The maximum atomic E-state index is 13.4. The van der Waals surface area contributed by atoms with Crippen LogP contribution in [-0.4, -0.2) is 9.78 Å². The van der Waals surface area contributed by atoms with E-state index in [0.29, 0.717) is 5.56 Å². The van der Waals surface area contributed by atoms with Crippen molar-refractivity contribution in [2.45, 2.75) is 0 Å². The van der Waals surface area contributed by atoms with Gasteiger partial charge in [0, 0.05) is 28.8 Å². The molecule has 14 heavy (non-hydrogen) atoms. The lowest BCUT2D eigenvalue weighted by Gasteiger charge is -1.99. The van der Waals surface area contributed by atoms with Crippen LogP contribution in [0.2, 0.25) is 0 Å². The molecule has 0 saturated carbocycles. The maximum absolute atomic E-state index is 13.4. The van der Waals surface area contributed by atoms with Gasteiger partial charge < -0.3 is 0 Å². The third-order valence-corrected chi connectivity index (χ3v) is 2.44. The summed E-state index contributed by atoms with van der Waals surface area (Å²) in [5.74, 6) is -0.235. The fourth-order valence-corrected chi connectivity index (χ4v) is 1.64. The van der Waals surface area contributed by atoms with Crippen LogP contribution in [0.3, 0.4) is 0 Å². The number of halogens is 2. The van der Waals surface area contributed by atoms with Gasteiger partial charge in [-0.3, -0.25) is 4.68 Å². The first kappa shape index (κ1) is 9.40. The first-order valence-electron chi connectivity index (χ1n) is 4.11. The molecule has 1 aromatic carbocycles. The molecule has 2 nitrogen and oxygen atoms in total. The number of aryl methyl sites for hydroxylation is 1.